The van der Waals surface area contributed by atoms with Crippen LogP contribution < -0.4 is 15.2 Å². The Morgan fingerprint density at radius 3 is 2.43 bits per heavy atom. The second-order valence-corrected chi connectivity index (χ2v) is 7.83. The molecule has 0 atom stereocenters. The first kappa shape index (κ1) is 21.1. The zero-order valence-electron chi connectivity index (χ0n) is 17.4. The van der Waals surface area contributed by atoms with Crippen LogP contribution >= 0.6 is 0 Å². The Kier molecular flexibility index (Phi) is 5.91. The number of nitrogens with two attached hydrogens (primary N) is 1. The van der Waals surface area contributed by atoms with Crippen LogP contribution in [0.2, 0.25) is 0 Å². The molecular weight excluding hydrogens is 384 g/mol. The third-order valence-electron chi connectivity index (χ3n) is 4.48. The van der Waals surface area contributed by atoms with Gasteiger partial charge in [-0.05, 0) is 46.9 Å². The second kappa shape index (κ2) is 8.41. The van der Waals surface area contributed by atoms with Crippen LogP contribution in [0.25, 0.3) is 6.08 Å². The Morgan fingerprint density at radius 1 is 1.13 bits per heavy atom. The van der Waals surface area contributed by atoms with Gasteiger partial charge in [0.05, 0.1) is 7.11 Å². The number of carbonyl (C=O) groups is 2. The molecule has 156 valence electrons. The van der Waals surface area contributed by atoms with Gasteiger partial charge in [-0.15, -0.1) is 0 Å². The molecule has 0 aromatic heterocycles. The summed E-state index contributed by atoms with van der Waals surface area (Å²) in [6.07, 6.45) is 1.60. The Hall–Kier alpha value is -3.61. The molecule has 2 N–H and O–H groups in total. The summed E-state index contributed by atoms with van der Waals surface area (Å²) in [6.45, 7) is 6.14. The topological polar surface area (TPSA) is 100 Å². The molecule has 2 aromatic rings. The van der Waals surface area contributed by atoms with E-state index in [1.807, 2.05) is 24.3 Å². The summed E-state index contributed by atoms with van der Waals surface area (Å²) in [6, 6.07) is 12.8. The highest BCUT2D eigenvalue weighted by Crippen LogP contribution is 2.30. The van der Waals surface area contributed by atoms with Gasteiger partial charge in [0.2, 0.25) is 5.90 Å². The van der Waals surface area contributed by atoms with Crippen molar-refractivity contribution in [3.05, 3.63) is 64.9 Å². The molecule has 0 aliphatic carbocycles. The van der Waals surface area contributed by atoms with E-state index in [-0.39, 0.29) is 23.6 Å². The maximum Gasteiger partial charge on any atom is 0.363 e. The van der Waals surface area contributed by atoms with Crippen molar-refractivity contribution < 1.29 is 23.8 Å². The summed E-state index contributed by atoms with van der Waals surface area (Å²) in [4.78, 5) is 27.5. The molecular formula is C23H24N2O5. The Labute approximate surface area is 175 Å². The molecule has 7 heteroatoms. The van der Waals surface area contributed by atoms with Gasteiger partial charge >= 0.3 is 5.97 Å². The number of hydrogen-bond acceptors (Lipinski definition) is 6. The molecule has 1 aliphatic rings. The number of ether oxygens (including phenoxy) is 3. The number of primary amides is 1. The SMILES string of the molecule is COc1cc(/C=C2/N=C(c3ccc(C(C)(C)C)cc3)OC2=O)ccc1OCC(N)=O. The number of nitrogens with zero attached hydrogens (tertiary/aromatic N) is 1. The molecule has 0 unspecified atom stereocenters. The third-order valence-corrected chi connectivity index (χ3v) is 4.48. The van der Waals surface area contributed by atoms with Gasteiger partial charge in [0.25, 0.3) is 5.91 Å². The number of aliphatic imine (C=N–C) groups is 1. The van der Waals surface area contributed by atoms with Gasteiger partial charge in [-0.2, -0.15) is 0 Å². The largest absolute Gasteiger partial charge is 0.493 e. The van der Waals surface area contributed by atoms with Crippen LogP contribution in [0, 0.1) is 0 Å². The Morgan fingerprint density at radius 2 is 1.83 bits per heavy atom. The minimum atomic E-state index is -0.589. The van der Waals surface area contributed by atoms with E-state index < -0.39 is 11.9 Å². The number of amides is 1. The van der Waals surface area contributed by atoms with Crippen molar-refractivity contribution in [1.29, 1.82) is 0 Å². The van der Waals surface area contributed by atoms with Gasteiger partial charge < -0.3 is 19.9 Å². The smallest absolute Gasteiger partial charge is 0.363 e. The number of hydrogen-bond donors (Lipinski definition) is 1. The number of benzene rings is 2. The molecule has 3 rings (SSSR count). The van der Waals surface area contributed by atoms with Gasteiger partial charge in [-0.25, -0.2) is 9.79 Å². The fourth-order valence-corrected chi connectivity index (χ4v) is 2.85. The summed E-state index contributed by atoms with van der Waals surface area (Å²) in [5, 5.41) is 0. The van der Waals surface area contributed by atoms with E-state index in [9.17, 15) is 9.59 Å². The van der Waals surface area contributed by atoms with E-state index in [0.717, 1.165) is 5.56 Å². The highest BCUT2D eigenvalue weighted by molar-refractivity contribution is 6.12. The lowest BCUT2D eigenvalue weighted by Crippen LogP contribution is -2.20. The molecule has 1 amide bonds. The van der Waals surface area contributed by atoms with Crippen molar-refractivity contribution in [3.63, 3.8) is 0 Å². The summed E-state index contributed by atoms with van der Waals surface area (Å²) in [5.74, 6) is -0.0816. The molecule has 0 saturated carbocycles. The number of carbonyl (C=O) groups excluding carboxylic acids is 2. The highest BCUT2D eigenvalue weighted by atomic mass is 16.6. The number of esters is 1. The van der Waals surface area contributed by atoms with Crippen molar-refractivity contribution in [1.82, 2.24) is 0 Å². The quantitative estimate of drug-likeness (QED) is 0.584. The molecule has 7 nitrogen and oxygen atoms in total. The first-order chi connectivity index (χ1) is 14.2. The van der Waals surface area contributed by atoms with Crippen LogP contribution in [-0.2, 0) is 19.7 Å². The van der Waals surface area contributed by atoms with Crippen LogP contribution in [-0.4, -0.2) is 31.5 Å². The Balaban J connectivity index is 1.84. The van der Waals surface area contributed by atoms with E-state index in [1.54, 1.807) is 24.3 Å². The van der Waals surface area contributed by atoms with E-state index in [4.69, 9.17) is 19.9 Å². The first-order valence-corrected chi connectivity index (χ1v) is 9.40. The molecule has 1 heterocycles. The van der Waals surface area contributed by atoms with Crippen molar-refractivity contribution in [2.45, 2.75) is 26.2 Å². The van der Waals surface area contributed by atoms with Crippen LogP contribution in [0.1, 0.15) is 37.5 Å². The molecule has 1 aliphatic heterocycles. The fraction of sp³-hybridized carbons (Fsp3) is 0.261. The van der Waals surface area contributed by atoms with E-state index >= 15 is 0 Å². The van der Waals surface area contributed by atoms with Crippen LogP contribution in [0.5, 0.6) is 11.5 Å². The van der Waals surface area contributed by atoms with Crippen LogP contribution in [0.3, 0.4) is 0 Å². The van der Waals surface area contributed by atoms with Gasteiger partial charge in [0, 0.05) is 5.56 Å². The maximum absolute atomic E-state index is 12.3. The van der Waals surface area contributed by atoms with Crippen molar-refractivity contribution in [2.24, 2.45) is 10.7 Å². The summed E-state index contributed by atoms with van der Waals surface area (Å²) < 4.78 is 15.9. The normalized spacial score (nSPS) is 15.0. The number of cyclic esters (lactones) is 1. The minimum absolute atomic E-state index is 0.0319. The summed E-state index contributed by atoms with van der Waals surface area (Å²) in [5.41, 5.74) is 7.88. The first-order valence-electron chi connectivity index (χ1n) is 9.40. The average molecular weight is 408 g/mol. The monoisotopic (exact) mass is 408 g/mol. The highest BCUT2D eigenvalue weighted by Gasteiger charge is 2.25. The third kappa shape index (κ3) is 4.86. The average Bonchev–Trinajstić information content (AvgIpc) is 3.06. The lowest BCUT2D eigenvalue weighted by atomic mass is 9.87. The van der Waals surface area contributed by atoms with E-state index in [1.165, 1.54) is 12.7 Å². The van der Waals surface area contributed by atoms with Crippen LogP contribution in [0.15, 0.2) is 53.2 Å². The standard InChI is InChI=1S/C23H24N2O5/c1-23(2,3)16-8-6-15(7-9-16)21-25-17(22(27)30-21)11-14-5-10-18(19(12-14)28-4)29-13-20(24)26/h5-12H,13H2,1-4H3,(H2,24,26)/b17-11+. The minimum Gasteiger partial charge on any atom is -0.493 e. The van der Waals surface area contributed by atoms with Crippen molar-refractivity contribution >= 4 is 23.9 Å². The van der Waals surface area contributed by atoms with Crippen molar-refractivity contribution in [3.8, 4) is 11.5 Å². The second-order valence-electron chi connectivity index (χ2n) is 7.83. The Bertz CT molecular complexity index is 1030. The fourth-order valence-electron chi connectivity index (χ4n) is 2.85. The van der Waals surface area contributed by atoms with E-state index in [2.05, 4.69) is 25.8 Å². The predicted octanol–water partition coefficient (Wildman–Crippen LogP) is 3.20. The molecule has 2 aromatic carbocycles. The predicted molar refractivity (Wildman–Crippen MR) is 113 cm³/mol. The summed E-state index contributed by atoms with van der Waals surface area (Å²) >= 11 is 0. The lowest BCUT2D eigenvalue weighted by molar-refractivity contribution is -0.130. The summed E-state index contributed by atoms with van der Waals surface area (Å²) in [7, 11) is 1.48. The molecule has 0 spiro atoms. The number of methoxy groups -OCH3 is 1. The lowest BCUT2D eigenvalue weighted by Gasteiger charge is -2.18. The van der Waals surface area contributed by atoms with Crippen molar-refractivity contribution in [2.75, 3.05) is 13.7 Å². The van der Waals surface area contributed by atoms with Gasteiger partial charge in [0.1, 0.15) is 0 Å². The number of rotatable bonds is 6. The molecule has 0 saturated heterocycles. The van der Waals surface area contributed by atoms with Gasteiger partial charge in [-0.3, -0.25) is 4.79 Å². The molecule has 0 radical (unpaired) electrons. The van der Waals surface area contributed by atoms with E-state index in [0.29, 0.717) is 17.1 Å². The molecule has 0 fully saturated rings. The van der Waals surface area contributed by atoms with Gasteiger partial charge in [0.15, 0.2) is 23.8 Å². The van der Waals surface area contributed by atoms with Gasteiger partial charge in [-0.1, -0.05) is 39.0 Å². The molecule has 30 heavy (non-hydrogen) atoms. The maximum atomic E-state index is 12.3. The van der Waals surface area contributed by atoms with Crippen LogP contribution in [0.4, 0.5) is 0 Å². The molecule has 0 bridgehead atoms. The zero-order chi connectivity index (χ0) is 21.9. The zero-order valence-corrected chi connectivity index (χ0v) is 17.4.